The Balaban J connectivity index is 3.35. The number of nitrogens with two attached hydrogens (primary N) is 1. The van der Waals surface area contributed by atoms with E-state index in [4.69, 9.17) is 5.73 Å². The molecule has 0 spiro atoms. The molecule has 1 aromatic rings. The van der Waals surface area contributed by atoms with Crippen LogP contribution in [0.2, 0.25) is 0 Å². The molecular weight excluding hydrogens is 258 g/mol. The van der Waals surface area contributed by atoms with E-state index in [-0.39, 0.29) is 22.1 Å². The zero-order valence-corrected chi connectivity index (χ0v) is 8.59. The number of nitrogens with zero attached hydrogens (tertiary/aromatic N) is 1. The van der Waals surface area contributed by atoms with Gasteiger partial charge in [-0.05, 0) is 15.9 Å². The number of carbonyl (C=O) groups is 1. The molecule has 0 unspecified atom stereocenters. The largest absolute Gasteiger partial charge is 0.325 e. The topological polar surface area (TPSA) is 56.0 Å². The molecule has 2 N–H and O–H groups in total. The zero-order chi connectivity index (χ0) is 10.7. The molecule has 76 valence electrons. The first-order chi connectivity index (χ1) is 6.61. The molecule has 0 bridgehead atoms. The van der Waals surface area contributed by atoms with Gasteiger partial charge >= 0.3 is 0 Å². The lowest BCUT2D eigenvalue weighted by Crippen LogP contribution is -2.05. The Hall–Kier alpha value is -0.880. The minimum absolute atomic E-state index is 0.0875. The molecular formula is C8H7BrF2N2O. The van der Waals surface area contributed by atoms with Crippen LogP contribution in [-0.4, -0.2) is 11.3 Å². The number of hydrogen-bond acceptors (Lipinski definition) is 3. The summed E-state index contributed by atoms with van der Waals surface area (Å²) in [5.41, 5.74) is 5.22. The fourth-order valence-corrected chi connectivity index (χ4v) is 1.58. The third kappa shape index (κ3) is 1.96. The van der Waals surface area contributed by atoms with Crippen LogP contribution < -0.4 is 5.73 Å². The Morgan fingerprint density at radius 3 is 2.71 bits per heavy atom. The van der Waals surface area contributed by atoms with Gasteiger partial charge in [-0.3, -0.25) is 9.78 Å². The van der Waals surface area contributed by atoms with Crippen molar-refractivity contribution in [2.24, 2.45) is 5.73 Å². The molecule has 0 saturated heterocycles. The molecule has 0 atom stereocenters. The molecule has 1 heterocycles. The monoisotopic (exact) mass is 264 g/mol. The fraction of sp³-hybridized carbons (Fsp3) is 0.250. The number of hydrogen-bond donors (Lipinski definition) is 1. The average Bonchev–Trinajstić information content (AvgIpc) is 2.17. The Bertz CT molecular complexity index is 357. The van der Waals surface area contributed by atoms with Crippen LogP contribution in [0, 0.1) is 0 Å². The predicted molar refractivity (Wildman–Crippen MR) is 50.2 cm³/mol. The highest BCUT2D eigenvalue weighted by Gasteiger charge is 2.17. The lowest BCUT2D eigenvalue weighted by atomic mass is 10.1. The van der Waals surface area contributed by atoms with E-state index in [2.05, 4.69) is 20.9 Å². The zero-order valence-electron chi connectivity index (χ0n) is 7.01. The Labute approximate surface area is 87.4 Å². The van der Waals surface area contributed by atoms with Gasteiger partial charge in [-0.15, -0.1) is 0 Å². The van der Waals surface area contributed by atoms with Gasteiger partial charge in [0.2, 0.25) is 0 Å². The molecule has 0 saturated carbocycles. The van der Waals surface area contributed by atoms with Gasteiger partial charge in [0.1, 0.15) is 0 Å². The van der Waals surface area contributed by atoms with Gasteiger partial charge in [0.05, 0.1) is 10.2 Å². The van der Waals surface area contributed by atoms with Crippen molar-refractivity contribution in [3.63, 3.8) is 0 Å². The molecule has 1 rings (SSSR count). The maximum absolute atomic E-state index is 12.4. The van der Waals surface area contributed by atoms with Crippen molar-refractivity contribution in [3.8, 4) is 0 Å². The van der Waals surface area contributed by atoms with Gasteiger partial charge in [0.25, 0.3) is 6.43 Å². The highest BCUT2D eigenvalue weighted by Crippen LogP contribution is 2.28. The van der Waals surface area contributed by atoms with E-state index in [1.807, 2.05) is 0 Å². The van der Waals surface area contributed by atoms with Crippen LogP contribution in [0.3, 0.4) is 0 Å². The van der Waals surface area contributed by atoms with Gasteiger partial charge < -0.3 is 5.73 Å². The van der Waals surface area contributed by atoms with Gasteiger partial charge in [-0.1, -0.05) is 0 Å². The molecule has 0 aliphatic carbocycles. The summed E-state index contributed by atoms with van der Waals surface area (Å²) in [4.78, 5) is 14.3. The van der Waals surface area contributed by atoms with Crippen LogP contribution in [0.25, 0.3) is 0 Å². The van der Waals surface area contributed by atoms with Crippen molar-refractivity contribution in [1.82, 2.24) is 4.98 Å². The normalized spacial score (nSPS) is 10.6. The van der Waals surface area contributed by atoms with Crippen molar-refractivity contribution in [2.75, 3.05) is 0 Å². The smallest absolute Gasteiger partial charge is 0.266 e. The van der Waals surface area contributed by atoms with Crippen LogP contribution in [0.4, 0.5) is 8.78 Å². The number of alkyl halides is 2. The van der Waals surface area contributed by atoms with E-state index in [1.54, 1.807) is 0 Å². The number of rotatable bonds is 3. The number of carbonyl (C=O) groups excluding carboxylic acids is 1. The Morgan fingerprint density at radius 1 is 1.64 bits per heavy atom. The van der Waals surface area contributed by atoms with Gasteiger partial charge in [-0.2, -0.15) is 0 Å². The molecule has 0 aliphatic heterocycles. The first kappa shape index (κ1) is 11.2. The minimum Gasteiger partial charge on any atom is -0.325 e. The number of halogens is 3. The summed E-state index contributed by atoms with van der Waals surface area (Å²) < 4.78 is 25.0. The number of aldehydes is 1. The van der Waals surface area contributed by atoms with Crippen LogP contribution in [0.15, 0.2) is 10.7 Å². The van der Waals surface area contributed by atoms with E-state index in [9.17, 15) is 13.6 Å². The second kappa shape index (κ2) is 4.56. The van der Waals surface area contributed by atoms with Crippen LogP contribution >= 0.6 is 15.9 Å². The van der Waals surface area contributed by atoms with E-state index < -0.39 is 6.43 Å². The quantitative estimate of drug-likeness (QED) is 0.851. The van der Waals surface area contributed by atoms with Gasteiger partial charge in [0, 0.05) is 23.9 Å². The third-order valence-electron chi connectivity index (χ3n) is 1.71. The molecule has 3 nitrogen and oxygen atoms in total. The summed E-state index contributed by atoms with van der Waals surface area (Å²) in [6.45, 7) is 0.0882. The van der Waals surface area contributed by atoms with Crippen molar-refractivity contribution in [1.29, 1.82) is 0 Å². The SMILES string of the molecule is NCc1ncc(C(F)F)c(C=O)c1Br. The predicted octanol–water partition coefficient (Wildman–Crippen LogP) is 2.05. The molecule has 6 heteroatoms. The Kier molecular flexibility index (Phi) is 3.65. The maximum atomic E-state index is 12.4. The summed E-state index contributed by atoms with van der Waals surface area (Å²) in [5, 5.41) is 0. The maximum Gasteiger partial charge on any atom is 0.266 e. The van der Waals surface area contributed by atoms with E-state index in [1.165, 1.54) is 0 Å². The highest BCUT2D eigenvalue weighted by molar-refractivity contribution is 9.10. The van der Waals surface area contributed by atoms with E-state index in [0.717, 1.165) is 6.20 Å². The summed E-state index contributed by atoms with van der Waals surface area (Å²) >= 11 is 3.01. The molecule has 0 amide bonds. The van der Waals surface area contributed by atoms with Gasteiger partial charge in [0.15, 0.2) is 6.29 Å². The summed E-state index contributed by atoms with van der Waals surface area (Å²) in [6, 6.07) is 0. The third-order valence-corrected chi connectivity index (χ3v) is 2.59. The number of aromatic nitrogens is 1. The summed E-state index contributed by atoms with van der Waals surface area (Å²) in [5.74, 6) is 0. The van der Waals surface area contributed by atoms with E-state index >= 15 is 0 Å². The number of pyridine rings is 1. The second-order valence-corrected chi connectivity index (χ2v) is 3.30. The minimum atomic E-state index is -2.72. The molecule has 0 radical (unpaired) electrons. The van der Waals surface area contributed by atoms with Crippen molar-refractivity contribution in [3.05, 3.63) is 27.5 Å². The van der Waals surface area contributed by atoms with Crippen molar-refractivity contribution in [2.45, 2.75) is 13.0 Å². The summed E-state index contributed by atoms with van der Waals surface area (Å²) in [7, 11) is 0. The summed E-state index contributed by atoms with van der Waals surface area (Å²) in [6.07, 6.45) is -1.38. The average molecular weight is 265 g/mol. The Morgan fingerprint density at radius 2 is 2.29 bits per heavy atom. The molecule has 0 aliphatic rings. The first-order valence-corrected chi connectivity index (χ1v) is 4.51. The van der Waals surface area contributed by atoms with Crippen LogP contribution in [-0.2, 0) is 6.54 Å². The molecule has 14 heavy (non-hydrogen) atoms. The highest BCUT2D eigenvalue weighted by atomic mass is 79.9. The lowest BCUT2D eigenvalue weighted by Gasteiger charge is -2.08. The van der Waals surface area contributed by atoms with Crippen LogP contribution in [0.1, 0.15) is 28.0 Å². The fourth-order valence-electron chi connectivity index (χ4n) is 0.992. The van der Waals surface area contributed by atoms with Gasteiger partial charge in [-0.25, -0.2) is 8.78 Å². The second-order valence-electron chi connectivity index (χ2n) is 2.51. The van der Waals surface area contributed by atoms with E-state index in [0.29, 0.717) is 12.0 Å². The molecule has 1 aromatic heterocycles. The molecule has 0 aromatic carbocycles. The van der Waals surface area contributed by atoms with Crippen LogP contribution in [0.5, 0.6) is 0 Å². The molecule has 0 fully saturated rings. The first-order valence-electron chi connectivity index (χ1n) is 3.72. The van der Waals surface area contributed by atoms with Crippen molar-refractivity contribution < 1.29 is 13.6 Å². The lowest BCUT2D eigenvalue weighted by molar-refractivity contribution is 0.110. The van der Waals surface area contributed by atoms with Crippen molar-refractivity contribution >= 4 is 22.2 Å². The standard InChI is InChI=1S/C8H7BrF2N2O/c9-7-5(3-14)4(8(10)11)2-13-6(7)1-12/h2-3,8H,1,12H2.